The zero-order valence-electron chi connectivity index (χ0n) is 10.9. The average molecular weight is 311 g/mol. The molecule has 3 aliphatic carbocycles. The van der Waals surface area contributed by atoms with E-state index in [0.29, 0.717) is 4.77 Å². The summed E-state index contributed by atoms with van der Waals surface area (Å²) in [4.78, 5) is 11.5. The predicted molar refractivity (Wildman–Crippen MR) is 78.3 cm³/mol. The highest BCUT2D eigenvalue weighted by molar-refractivity contribution is 7.71. The predicted octanol–water partition coefficient (Wildman–Crippen LogP) is 2.94. The van der Waals surface area contributed by atoms with Crippen LogP contribution in [0.4, 0.5) is 0 Å². The summed E-state index contributed by atoms with van der Waals surface area (Å²) < 4.78 is 2.79. The molecule has 0 radical (unpaired) electrons. The van der Waals surface area contributed by atoms with Crippen molar-refractivity contribution in [1.82, 2.24) is 19.5 Å². The second-order valence-corrected chi connectivity index (χ2v) is 6.82. The van der Waals surface area contributed by atoms with Crippen LogP contribution in [0.2, 0.25) is 5.28 Å². The normalized spacial score (nSPS) is 32.9. The fraction of sp³-hybridized carbons (Fsp3) is 0.615. The van der Waals surface area contributed by atoms with Crippen molar-refractivity contribution in [3.63, 3.8) is 0 Å². The van der Waals surface area contributed by atoms with Crippen LogP contribution in [-0.2, 0) is 5.54 Å². The van der Waals surface area contributed by atoms with E-state index in [2.05, 4.69) is 19.5 Å². The van der Waals surface area contributed by atoms with E-state index >= 15 is 0 Å². The summed E-state index contributed by atoms with van der Waals surface area (Å²) >= 11 is 11.4. The van der Waals surface area contributed by atoms with E-state index in [-0.39, 0.29) is 10.8 Å². The van der Waals surface area contributed by atoms with Gasteiger partial charge in [0, 0.05) is 5.54 Å². The van der Waals surface area contributed by atoms with E-state index in [1.807, 2.05) is 0 Å². The standard InChI is InChI=1S/C13H15ClN4OS/c14-10-15-7-8-9(17-10)18(11(20)16-8)12-1-4-13(19,5-2-12)6-3-12/h7,19H,1-6H2,(H,16,20). The molecule has 0 aliphatic heterocycles. The molecule has 7 heteroatoms. The minimum Gasteiger partial charge on any atom is -0.390 e. The Morgan fingerprint density at radius 3 is 2.55 bits per heavy atom. The van der Waals surface area contributed by atoms with Crippen LogP contribution in [0.1, 0.15) is 38.5 Å². The van der Waals surface area contributed by atoms with E-state index in [9.17, 15) is 5.11 Å². The molecular formula is C13H15ClN4OS. The molecule has 3 aliphatic rings. The number of hydrogen-bond donors (Lipinski definition) is 2. The SMILES string of the molecule is OC12CCC(n3c(=S)[nH]c4cnc(Cl)nc43)(CC1)CC2. The lowest BCUT2D eigenvalue weighted by atomic mass is 9.63. The fourth-order valence-electron chi connectivity index (χ4n) is 3.80. The van der Waals surface area contributed by atoms with E-state index < -0.39 is 5.60 Å². The van der Waals surface area contributed by atoms with Crippen LogP contribution in [0.25, 0.3) is 11.2 Å². The van der Waals surface area contributed by atoms with Crippen molar-refractivity contribution in [2.45, 2.75) is 49.7 Å². The Kier molecular flexibility index (Phi) is 2.56. The first-order valence-electron chi connectivity index (χ1n) is 6.88. The van der Waals surface area contributed by atoms with Gasteiger partial charge in [-0.1, -0.05) is 0 Å². The van der Waals surface area contributed by atoms with Gasteiger partial charge in [0.25, 0.3) is 0 Å². The summed E-state index contributed by atoms with van der Waals surface area (Å²) in [5.74, 6) is 0. The zero-order chi connectivity index (χ0) is 14.0. The monoisotopic (exact) mass is 310 g/mol. The van der Waals surface area contributed by atoms with Gasteiger partial charge in [-0.2, -0.15) is 4.98 Å². The van der Waals surface area contributed by atoms with Crippen LogP contribution in [0.5, 0.6) is 0 Å². The lowest BCUT2D eigenvalue weighted by Crippen LogP contribution is -2.51. The molecule has 106 valence electrons. The number of H-pyrrole nitrogens is 1. The van der Waals surface area contributed by atoms with Crippen LogP contribution in [0.15, 0.2) is 6.20 Å². The Hall–Kier alpha value is -0.980. The van der Waals surface area contributed by atoms with Gasteiger partial charge in [-0.25, -0.2) is 4.98 Å². The van der Waals surface area contributed by atoms with Crippen LogP contribution in [0.3, 0.4) is 0 Å². The molecule has 0 unspecified atom stereocenters. The lowest BCUT2D eigenvalue weighted by molar-refractivity contribution is -0.0851. The highest BCUT2D eigenvalue weighted by Gasteiger charge is 2.49. The molecule has 2 heterocycles. The Bertz CT molecular complexity index is 728. The maximum Gasteiger partial charge on any atom is 0.224 e. The topological polar surface area (TPSA) is 66.7 Å². The average Bonchev–Trinajstić information content (AvgIpc) is 2.76. The number of aliphatic hydroxyl groups is 1. The molecule has 5 rings (SSSR count). The number of halogens is 1. The Labute approximate surface area is 126 Å². The van der Waals surface area contributed by atoms with Gasteiger partial charge in [-0.05, 0) is 62.3 Å². The third-order valence-electron chi connectivity index (χ3n) is 5.04. The highest BCUT2D eigenvalue weighted by atomic mass is 35.5. The Morgan fingerprint density at radius 1 is 1.25 bits per heavy atom. The molecule has 2 bridgehead atoms. The van der Waals surface area contributed by atoms with Crippen molar-refractivity contribution in [2.75, 3.05) is 0 Å². The van der Waals surface area contributed by atoms with Crippen molar-refractivity contribution in [3.8, 4) is 0 Å². The van der Waals surface area contributed by atoms with Crippen molar-refractivity contribution >= 4 is 35.0 Å². The van der Waals surface area contributed by atoms with E-state index in [4.69, 9.17) is 23.8 Å². The molecule has 2 N–H and O–H groups in total. The van der Waals surface area contributed by atoms with Gasteiger partial charge in [0.05, 0.1) is 11.8 Å². The summed E-state index contributed by atoms with van der Waals surface area (Å²) in [5.41, 5.74) is 1.11. The zero-order valence-corrected chi connectivity index (χ0v) is 12.5. The van der Waals surface area contributed by atoms with E-state index in [0.717, 1.165) is 49.7 Å². The molecule has 5 nitrogen and oxygen atoms in total. The third kappa shape index (κ3) is 1.68. The van der Waals surface area contributed by atoms with E-state index in [1.54, 1.807) is 6.20 Å². The molecule has 3 saturated carbocycles. The van der Waals surface area contributed by atoms with Crippen LogP contribution >= 0.6 is 23.8 Å². The minimum atomic E-state index is -0.456. The summed E-state index contributed by atoms with van der Waals surface area (Å²) in [5, 5.41) is 10.6. The number of fused-ring (bicyclic) bond motifs is 4. The van der Waals surface area contributed by atoms with Gasteiger partial charge in [-0.15, -0.1) is 0 Å². The van der Waals surface area contributed by atoms with Gasteiger partial charge in [-0.3, -0.25) is 4.57 Å². The number of nitrogens with zero attached hydrogens (tertiary/aromatic N) is 3. The summed E-state index contributed by atoms with van der Waals surface area (Å²) in [6.45, 7) is 0. The van der Waals surface area contributed by atoms with Gasteiger partial charge in [0.2, 0.25) is 5.28 Å². The summed E-state index contributed by atoms with van der Waals surface area (Å²) in [6.07, 6.45) is 6.99. The first-order valence-corrected chi connectivity index (χ1v) is 7.66. The fourth-order valence-corrected chi connectivity index (χ4v) is 4.32. The molecule has 20 heavy (non-hydrogen) atoms. The number of nitrogens with one attached hydrogen (secondary N) is 1. The lowest BCUT2D eigenvalue weighted by Gasteiger charge is -2.51. The number of aromatic nitrogens is 4. The summed E-state index contributed by atoms with van der Waals surface area (Å²) in [7, 11) is 0. The van der Waals surface area contributed by atoms with Crippen LogP contribution in [-0.4, -0.2) is 30.2 Å². The number of rotatable bonds is 1. The second-order valence-electron chi connectivity index (χ2n) is 6.09. The number of hydrogen-bond acceptors (Lipinski definition) is 4. The third-order valence-corrected chi connectivity index (χ3v) is 5.50. The second kappa shape index (κ2) is 4.02. The van der Waals surface area contributed by atoms with Gasteiger partial charge in [0.15, 0.2) is 10.4 Å². The molecule has 3 fully saturated rings. The van der Waals surface area contributed by atoms with Crippen molar-refractivity contribution in [2.24, 2.45) is 0 Å². The van der Waals surface area contributed by atoms with Gasteiger partial charge >= 0.3 is 0 Å². The molecule has 0 spiro atoms. The quantitative estimate of drug-likeness (QED) is 0.628. The molecule has 0 saturated heterocycles. The molecule has 2 aromatic rings. The summed E-state index contributed by atoms with van der Waals surface area (Å²) in [6, 6.07) is 0. The Morgan fingerprint density at radius 2 is 1.90 bits per heavy atom. The molecule has 0 atom stereocenters. The van der Waals surface area contributed by atoms with E-state index in [1.165, 1.54) is 0 Å². The van der Waals surface area contributed by atoms with Crippen molar-refractivity contribution in [1.29, 1.82) is 0 Å². The molecule has 0 amide bonds. The highest BCUT2D eigenvalue weighted by Crippen LogP contribution is 2.51. The molecule has 0 aromatic carbocycles. The first kappa shape index (κ1) is 12.7. The minimum absolute atomic E-state index is 0.0303. The van der Waals surface area contributed by atoms with Crippen LogP contribution in [0, 0.1) is 4.77 Å². The largest absolute Gasteiger partial charge is 0.390 e. The first-order chi connectivity index (χ1) is 9.51. The number of aromatic amines is 1. The smallest absolute Gasteiger partial charge is 0.224 e. The maximum absolute atomic E-state index is 10.4. The molecular weight excluding hydrogens is 296 g/mol. The van der Waals surface area contributed by atoms with Crippen molar-refractivity contribution < 1.29 is 5.11 Å². The maximum atomic E-state index is 10.4. The molecule has 2 aromatic heterocycles. The number of imidazole rings is 1. The van der Waals surface area contributed by atoms with Gasteiger partial charge in [0.1, 0.15) is 5.52 Å². The Balaban J connectivity index is 1.92. The van der Waals surface area contributed by atoms with Crippen LogP contribution < -0.4 is 0 Å². The van der Waals surface area contributed by atoms with Crippen molar-refractivity contribution in [3.05, 3.63) is 16.3 Å². The van der Waals surface area contributed by atoms with Gasteiger partial charge < -0.3 is 10.1 Å².